The highest BCUT2D eigenvalue weighted by Crippen LogP contribution is 2.33. The van der Waals surface area contributed by atoms with E-state index in [9.17, 15) is 4.79 Å². The van der Waals surface area contributed by atoms with E-state index in [0.717, 1.165) is 30.9 Å². The van der Waals surface area contributed by atoms with Gasteiger partial charge in [0.2, 0.25) is 5.91 Å². The Bertz CT molecular complexity index is 519. The predicted molar refractivity (Wildman–Crippen MR) is 88.5 cm³/mol. The van der Waals surface area contributed by atoms with Crippen LogP contribution in [0.3, 0.4) is 0 Å². The Morgan fingerprint density at radius 1 is 1.35 bits per heavy atom. The molecule has 128 valence electrons. The summed E-state index contributed by atoms with van der Waals surface area (Å²) in [7, 11) is 1.70. The number of methoxy groups -OCH3 is 1. The van der Waals surface area contributed by atoms with Crippen LogP contribution in [0.15, 0.2) is 24.3 Å². The predicted octanol–water partition coefficient (Wildman–Crippen LogP) is 2.01. The van der Waals surface area contributed by atoms with Crippen LogP contribution in [-0.4, -0.2) is 60.1 Å². The minimum Gasteiger partial charge on any atom is -0.496 e. The van der Waals surface area contributed by atoms with E-state index in [1.54, 1.807) is 14.0 Å². The Morgan fingerprint density at radius 3 is 2.48 bits per heavy atom. The van der Waals surface area contributed by atoms with Crippen molar-refractivity contribution in [3.05, 3.63) is 29.8 Å². The number of carbonyl (C=O) groups excluding carboxylic acids is 1. The number of rotatable bonds is 3. The zero-order valence-corrected chi connectivity index (χ0v) is 14.2. The van der Waals surface area contributed by atoms with E-state index < -0.39 is 0 Å². The molecule has 1 heterocycles. The second kappa shape index (κ2) is 9.15. The average molecular weight is 322 g/mol. The fraction of sp³-hybridized carbons (Fsp3) is 0.529. The molecule has 1 atom stereocenters. The third-order valence-electron chi connectivity index (χ3n) is 4.03. The Kier molecular flexibility index (Phi) is 7.54. The summed E-state index contributed by atoms with van der Waals surface area (Å²) in [4.78, 5) is 24.4. The SMILES string of the molecule is COc1ccccc1C1CN(C(C)=O)CCN1C(C)C.O=CO. The molecule has 6 nitrogen and oxygen atoms in total. The van der Waals surface area contributed by atoms with Crippen LogP contribution in [-0.2, 0) is 9.59 Å². The topological polar surface area (TPSA) is 70.1 Å². The summed E-state index contributed by atoms with van der Waals surface area (Å²) in [5, 5.41) is 6.89. The standard InChI is InChI=1S/C16H24N2O2.CH2O2/c1-12(2)18-10-9-17(13(3)19)11-15(18)14-7-5-6-8-16(14)20-4;2-1-3/h5-8,12,15H,9-11H2,1-4H3;1H,(H,2,3). The first kappa shape index (κ1) is 19.0. The number of carbonyl (C=O) groups is 2. The number of amides is 1. The number of para-hydroxylation sites is 1. The van der Waals surface area contributed by atoms with Crippen LogP contribution in [0, 0.1) is 0 Å². The molecule has 0 saturated carbocycles. The number of carboxylic acid groups (broad SMARTS) is 1. The Balaban J connectivity index is 0.000000816. The van der Waals surface area contributed by atoms with E-state index in [-0.39, 0.29) is 18.4 Å². The van der Waals surface area contributed by atoms with Gasteiger partial charge in [0.15, 0.2) is 0 Å². The van der Waals surface area contributed by atoms with Gasteiger partial charge in [-0.25, -0.2) is 0 Å². The molecule has 1 aromatic carbocycles. The molecule has 0 bridgehead atoms. The molecule has 0 aliphatic carbocycles. The zero-order valence-electron chi connectivity index (χ0n) is 14.2. The molecule has 1 unspecified atom stereocenters. The molecule has 1 fully saturated rings. The maximum absolute atomic E-state index is 11.7. The number of piperazine rings is 1. The first-order valence-electron chi connectivity index (χ1n) is 7.68. The van der Waals surface area contributed by atoms with Gasteiger partial charge in [0.1, 0.15) is 5.75 Å². The second-order valence-electron chi connectivity index (χ2n) is 5.66. The van der Waals surface area contributed by atoms with Gasteiger partial charge in [-0.1, -0.05) is 18.2 Å². The summed E-state index contributed by atoms with van der Waals surface area (Å²) < 4.78 is 5.49. The van der Waals surface area contributed by atoms with Crippen LogP contribution in [0.2, 0.25) is 0 Å². The number of benzene rings is 1. The highest BCUT2D eigenvalue weighted by Gasteiger charge is 2.32. The van der Waals surface area contributed by atoms with Crippen LogP contribution in [0.1, 0.15) is 32.4 Å². The zero-order chi connectivity index (χ0) is 17.4. The maximum atomic E-state index is 11.7. The summed E-state index contributed by atoms with van der Waals surface area (Å²) in [5.74, 6) is 1.04. The Hall–Kier alpha value is -2.08. The van der Waals surface area contributed by atoms with E-state index in [1.807, 2.05) is 23.1 Å². The third kappa shape index (κ3) is 4.96. The van der Waals surface area contributed by atoms with Gasteiger partial charge >= 0.3 is 0 Å². The summed E-state index contributed by atoms with van der Waals surface area (Å²) in [5.41, 5.74) is 1.16. The van der Waals surface area contributed by atoms with Gasteiger partial charge in [-0.3, -0.25) is 14.5 Å². The number of hydrogen-bond acceptors (Lipinski definition) is 4. The average Bonchev–Trinajstić information content (AvgIpc) is 2.54. The number of hydrogen-bond donors (Lipinski definition) is 1. The summed E-state index contributed by atoms with van der Waals surface area (Å²) >= 11 is 0. The molecule has 0 radical (unpaired) electrons. The van der Waals surface area contributed by atoms with Gasteiger partial charge in [0.25, 0.3) is 6.47 Å². The summed E-state index contributed by atoms with van der Waals surface area (Å²) in [6.07, 6.45) is 0. The van der Waals surface area contributed by atoms with Crippen molar-refractivity contribution < 1.29 is 19.4 Å². The maximum Gasteiger partial charge on any atom is 0.290 e. The molecule has 1 saturated heterocycles. The largest absolute Gasteiger partial charge is 0.496 e. The van der Waals surface area contributed by atoms with Crippen molar-refractivity contribution in [1.82, 2.24) is 9.80 Å². The lowest BCUT2D eigenvalue weighted by molar-refractivity contribution is -0.132. The molecule has 6 heteroatoms. The number of ether oxygens (including phenoxy) is 1. The minimum absolute atomic E-state index is 0.147. The van der Waals surface area contributed by atoms with Crippen LogP contribution >= 0.6 is 0 Å². The van der Waals surface area contributed by atoms with Crippen molar-refractivity contribution in [2.45, 2.75) is 32.9 Å². The van der Waals surface area contributed by atoms with Gasteiger partial charge in [0, 0.05) is 38.2 Å². The van der Waals surface area contributed by atoms with E-state index in [4.69, 9.17) is 14.6 Å². The van der Waals surface area contributed by atoms with Crippen LogP contribution in [0.25, 0.3) is 0 Å². The fourth-order valence-corrected chi connectivity index (χ4v) is 2.92. The molecule has 0 spiro atoms. The summed E-state index contributed by atoms with van der Waals surface area (Å²) in [6, 6.07) is 8.74. The van der Waals surface area contributed by atoms with Crippen molar-refractivity contribution in [3.8, 4) is 5.75 Å². The van der Waals surface area contributed by atoms with E-state index in [0.29, 0.717) is 6.04 Å². The molecule has 23 heavy (non-hydrogen) atoms. The lowest BCUT2D eigenvalue weighted by Gasteiger charge is -2.43. The van der Waals surface area contributed by atoms with Crippen LogP contribution in [0.5, 0.6) is 5.75 Å². The first-order chi connectivity index (χ1) is 11.0. The minimum atomic E-state index is -0.250. The lowest BCUT2D eigenvalue weighted by atomic mass is 9.99. The van der Waals surface area contributed by atoms with Crippen LogP contribution < -0.4 is 4.74 Å². The van der Waals surface area contributed by atoms with Crippen molar-refractivity contribution in [2.24, 2.45) is 0 Å². The highest BCUT2D eigenvalue weighted by atomic mass is 16.5. The van der Waals surface area contributed by atoms with Gasteiger partial charge in [-0.15, -0.1) is 0 Å². The molecule has 1 N–H and O–H groups in total. The quantitative estimate of drug-likeness (QED) is 0.862. The van der Waals surface area contributed by atoms with Gasteiger partial charge < -0.3 is 14.7 Å². The van der Waals surface area contributed by atoms with E-state index in [2.05, 4.69) is 24.8 Å². The molecule has 0 aromatic heterocycles. The molecule has 1 aromatic rings. The van der Waals surface area contributed by atoms with Crippen molar-refractivity contribution in [3.63, 3.8) is 0 Å². The van der Waals surface area contributed by atoms with Crippen LogP contribution in [0.4, 0.5) is 0 Å². The van der Waals surface area contributed by atoms with E-state index in [1.165, 1.54) is 0 Å². The first-order valence-corrected chi connectivity index (χ1v) is 7.68. The molecule has 1 amide bonds. The van der Waals surface area contributed by atoms with Crippen molar-refractivity contribution >= 4 is 12.4 Å². The Labute approximate surface area is 137 Å². The smallest absolute Gasteiger partial charge is 0.290 e. The molecule has 2 rings (SSSR count). The van der Waals surface area contributed by atoms with Crippen molar-refractivity contribution in [2.75, 3.05) is 26.7 Å². The van der Waals surface area contributed by atoms with Gasteiger partial charge in [-0.05, 0) is 19.9 Å². The van der Waals surface area contributed by atoms with E-state index >= 15 is 0 Å². The molecular weight excluding hydrogens is 296 g/mol. The van der Waals surface area contributed by atoms with Gasteiger partial charge in [-0.2, -0.15) is 0 Å². The lowest BCUT2D eigenvalue weighted by Crippen LogP contribution is -2.52. The third-order valence-corrected chi connectivity index (χ3v) is 4.03. The van der Waals surface area contributed by atoms with Crippen molar-refractivity contribution in [1.29, 1.82) is 0 Å². The highest BCUT2D eigenvalue weighted by molar-refractivity contribution is 5.73. The second-order valence-corrected chi connectivity index (χ2v) is 5.66. The summed E-state index contributed by atoms with van der Waals surface area (Å²) in [6.45, 7) is 8.23. The molecule has 1 aliphatic heterocycles. The molecule has 1 aliphatic rings. The Morgan fingerprint density at radius 2 is 1.96 bits per heavy atom. The monoisotopic (exact) mass is 322 g/mol. The normalized spacial score (nSPS) is 18.1. The van der Waals surface area contributed by atoms with Gasteiger partial charge in [0.05, 0.1) is 13.2 Å². The molecular formula is C17H26N2O4. The number of nitrogens with zero attached hydrogens (tertiary/aromatic N) is 2. The fourth-order valence-electron chi connectivity index (χ4n) is 2.92.